The molecule has 0 amide bonds. The number of sulfonamides is 1. The number of nitrogens with zero attached hydrogens (tertiary/aromatic N) is 2. The number of hydrogen-bond donors (Lipinski definition) is 2. The highest BCUT2D eigenvalue weighted by molar-refractivity contribution is 7.89. The first-order chi connectivity index (χ1) is 16.8. The molecular formula is C27H27N3O4S. The van der Waals surface area contributed by atoms with Crippen LogP contribution in [-0.4, -0.2) is 33.8 Å². The fourth-order valence-electron chi connectivity index (χ4n) is 4.35. The molecule has 0 saturated heterocycles. The zero-order chi connectivity index (χ0) is 25.0. The minimum absolute atomic E-state index is 0.0705. The van der Waals surface area contributed by atoms with Crippen molar-refractivity contribution in [3.05, 3.63) is 114 Å². The summed E-state index contributed by atoms with van der Waals surface area (Å²) in [7, 11) is -3.95. The van der Waals surface area contributed by atoms with Gasteiger partial charge in [-0.1, -0.05) is 54.6 Å². The Labute approximate surface area is 204 Å². The first-order valence-corrected chi connectivity index (χ1v) is 12.7. The molecule has 180 valence electrons. The van der Waals surface area contributed by atoms with Gasteiger partial charge in [0.15, 0.2) is 0 Å². The van der Waals surface area contributed by atoms with Crippen molar-refractivity contribution in [3.63, 3.8) is 0 Å². The summed E-state index contributed by atoms with van der Waals surface area (Å²) in [5, 5.41) is 9.13. The Balaban J connectivity index is 1.80. The molecule has 0 radical (unpaired) electrons. The monoisotopic (exact) mass is 489 g/mol. The fraction of sp³-hybridized carbons (Fsp3) is 0.185. The number of aromatic amines is 1. The molecule has 4 aromatic rings. The Hall–Kier alpha value is -3.75. The van der Waals surface area contributed by atoms with Crippen molar-refractivity contribution in [1.82, 2.24) is 14.3 Å². The van der Waals surface area contributed by atoms with Gasteiger partial charge in [-0.2, -0.15) is 4.31 Å². The number of carbonyl (C=O) groups is 1. The molecule has 0 aliphatic rings. The molecule has 0 fully saturated rings. The topological polar surface area (TPSA) is 103 Å². The van der Waals surface area contributed by atoms with E-state index in [2.05, 4.69) is 16.5 Å². The lowest BCUT2D eigenvalue weighted by Crippen LogP contribution is -2.36. The Bertz CT molecular complexity index is 1450. The van der Waals surface area contributed by atoms with Crippen molar-refractivity contribution in [3.8, 4) is 0 Å². The Kier molecular flexibility index (Phi) is 7.14. The molecule has 2 atom stereocenters. The molecule has 0 bridgehead atoms. The third-order valence-electron chi connectivity index (χ3n) is 6.06. The summed E-state index contributed by atoms with van der Waals surface area (Å²) in [5.74, 6) is -0.943. The third kappa shape index (κ3) is 5.18. The maximum Gasteiger partial charge on any atom is 0.307 e. The minimum Gasteiger partial charge on any atom is -0.481 e. The summed E-state index contributed by atoms with van der Waals surface area (Å²) in [6.07, 6.45) is 6.25. The number of carboxylic acid groups (broad SMARTS) is 1. The van der Waals surface area contributed by atoms with E-state index in [-0.39, 0.29) is 13.0 Å². The van der Waals surface area contributed by atoms with Gasteiger partial charge in [-0.25, -0.2) is 8.42 Å². The van der Waals surface area contributed by atoms with Crippen LogP contribution in [-0.2, 0) is 27.8 Å². The second-order valence-corrected chi connectivity index (χ2v) is 10.4. The van der Waals surface area contributed by atoms with E-state index < -0.39 is 27.3 Å². The number of carboxylic acids is 1. The number of nitrogens with one attached hydrogen (secondary N) is 1. The van der Waals surface area contributed by atoms with E-state index in [0.29, 0.717) is 16.7 Å². The lowest BCUT2D eigenvalue weighted by molar-refractivity contribution is -0.136. The molecule has 0 saturated carbocycles. The first-order valence-electron chi connectivity index (χ1n) is 11.2. The van der Waals surface area contributed by atoms with Gasteiger partial charge in [0.05, 0.1) is 6.42 Å². The van der Waals surface area contributed by atoms with Gasteiger partial charge in [0.1, 0.15) is 5.25 Å². The van der Waals surface area contributed by atoms with E-state index in [1.807, 2.05) is 43.5 Å². The number of benzene rings is 2. The highest BCUT2D eigenvalue weighted by Gasteiger charge is 2.36. The SMILES string of the molecule is C=CC(c1cccnc1)S(=O)(=O)N(Cc1cccc(CC(=O)O)c1)C(C)c1c[nH]c2ccccc12. The second-order valence-electron chi connectivity index (χ2n) is 8.39. The Morgan fingerprint density at radius 3 is 2.63 bits per heavy atom. The number of H-pyrrole nitrogens is 1. The molecule has 2 aromatic carbocycles. The van der Waals surface area contributed by atoms with E-state index >= 15 is 0 Å². The number of para-hydroxylation sites is 1. The molecule has 0 spiro atoms. The Morgan fingerprint density at radius 1 is 1.14 bits per heavy atom. The summed E-state index contributed by atoms with van der Waals surface area (Å²) in [6.45, 7) is 5.74. The van der Waals surface area contributed by atoms with Crippen LogP contribution < -0.4 is 0 Å². The Morgan fingerprint density at radius 2 is 1.91 bits per heavy atom. The molecule has 0 aliphatic heterocycles. The van der Waals surface area contributed by atoms with Gasteiger partial charge in [0, 0.05) is 42.1 Å². The molecule has 7 nitrogen and oxygen atoms in total. The van der Waals surface area contributed by atoms with E-state index in [1.54, 1.807) is 36.5 Å². The molecule has 0 aliphatic carbocycles. The summed E-state index contributed by atoms with van der Waals surface area (Å²) in [4.78, 5) is 18.5. The highest BCUT2D eigenvalue weighted by atomic mass is 32.2. The zero-order valence-corrected chi connectivity index (χ0v) is 20.2. The average Bonchev–Trinajstić information content (AvgIpc) is 3.27. The van der Waals surface area contributed by atoms with Gasteiger partial charge in [0.2, 0.25) is 10.0 Å². The largest absolute Gasteiger partial charge is 0.481 e. The van der Waals surface area contributed by atoms with Crippen molar-refractivity contribution in [2.45, 2.75) is 31.2 Å². The summed E-state index contributed by atoms with van der Waals surface area (Å²) >= 11 is 0. The number of aliphatic carboxylic acids is 1. The lowest BCUT2D eigenvalue weighted by atomic mass is 10.1. The maximum absolute atomic E-state index is 14.1. The van der Waals surface area contributed by atoms with Crippen molar-refractivity contribution in [1.29, 1.82) is 0 Å². The molecule has 8 heteroatoms. The lowest BCUT2D eigenvalue weighted by Gasteiger charge is -2.31. The molecule has 2 aromatic heterocycles. The predicted octanol–water partition coefficient (Wildman–Crippen LogP) is 5.01. The van der Waals surface area contributed by atoms with E-state index in [9.17, 15) is 18.3 Å². The van der Waals surface area contributed by atoms with Gasteiger partial charge in [-0.15, -0.1) is 6.58 Å². The highest BCUT2D eigenvalue weighted by Crippen LogP contribution is 2.36. The fourth-order valence-corrected chi connectivity index (χ4v) is 6.26. The van der Waals surface area contributed by atoms with Crippen LogP contribution in [0.15, 0.2) is 91.9 Å². The summed E-state index contributed by atoms with van der Waals surface area (Å²) in [6, 6.07) is 17.7. The molecule has 35 heavy (non-hydrogen) atoms. The van der Waals surface area contributed by atoms with Crippen LogP contribution in [0.3, 0.4) is 0 Å². The second kappa shape index (κ2) is 10.2. The van der Waals surface area contributed by atoms with Gasteiger partial charge in [-0.05, 0) is 41.3 Å². The van der Waals surface area contributed by atoms with Gasteiger partial charge in [0.25, 0.3) is 0 Å². The standard InChI is InChI=1S/C27H27N3O4S/c1-3-26(22-10-7-13-28-16-22)35(33,34)30(18-21-9-6-8-20(14-21)15-27(31)32)19(2)24-17-29-25-12-5-4-11-23(24)25/h3-14,16-17,19,26,29H,1,15,18H2,2H3,(H,31,32). The number of rotatable bonds is 10. The quantitative estimate of drug-likeness (QED) is 0.305. The number of hydrogen-bond acceptors (Lipinski definition) is 4. The van der Waals surface area contributed by atoms with Gasteiger partial charge < -0.3 is 10.1 Å². The minimum atomic E-state index is -3.95. The molecule has 2 unspecified atom stereocenters. The van der Waals surface area contributed by atoms with Crippen LogP contribution in [0.25, 0.3) is 10.9 Å². The normalized spacial score (nSPS) is 13.5. The molecule has 2 heterocycles. The van der Waals surface area contributed by atoms with Crippen molar-refractivity contribution >= 4 is 26.9 Å². The van der Waals surface area contributed by atoms with Gasteiger partial charge >= 0.3 is 5.97 Å². The average molecular weight is 490 g/mol. The van der Waals surface area contributed by atoms with E-state index in [1.165, 1.54) is 16.6 Å². The van der Waals surface area contributed by atoms with Crippen LogP contribution >= 0.6 is 0 Å². The van der Waals surface area contributed by atoms with Crippen LogP contribution in [0.1, 0.15) is 40.5 Å². The molecule has 2 N–H and O–H groups in total. The summed E-state index contributed by atoms with van der Waals surface area (Å²) < 4.78 is 29.7. The maximum atomic E-state index is 14.1. The van der Waals surface area contributed by atoms with Crippen molar-refractivity contribution < 1.29 is 18.3 Å². The van der Waals surface area contributed by atoms with Crippen LogP contribution in [0.4, 0.5) is 0 Å². The van der Waals surface area contributed by atoms with Gasteiger partial charge in [-0.3, -0.25) is 9.78 Å². The number of pyridine rings is 1. The zero-order valence-electron chi connectivity index (χ0n) is 19.3. The van der Waals surface area contributed by atoms with Crippen molar-refractivity contribution in [2.24, 2.45) is 0 Å². The van der Waals surface area contributed by atoms with E-state index in [0.717, 1.165) is 16.5 Å². The predicted molar refractivity (Wildman–Crippen MR) is 136 cm³/mol. The smallest absolute Gasteiger partial charge is 0.307 e. The van der Waals surface area contributed by atoms with Crippen LogP contribution in [0.5, 0.6) is 0 Å². The van der Waals surface area contributed by atoms with Crippen LogP contribution in [0.2, 0.25) is 0 Å². The third-order valence-corrected chi connectivity index (χ3v) is 8.27. The molecular weight excluding hydrogens is 462 g/mol. The van der Waals surface area contributed by atoms with E-state index in [4.69, 9.17) is 0 Å². The van der Waals surface area contributed by atoms with Crippen LogP contribution in [0, 0.1) is 0 Å². The number of fused-ring (bicyclic) bond motifs is 1. The number of aromatic nitrogens is 2. The van der Waals surface area contributed by atoms with Crippen molar-refractivity contribution in [2.75, 3.05) is 0 Å². The summed E-state index contributed by atoms with van der Waals surface area (Å²) in [5.41, 5.74) is 3.61. The molecule has 4 rings (SSSR count). The first kappa shape index (κ1) is 24.4.